The number of benzene rings is 2. The molecule has 0 aliphatic rings. The van der Waals surface area contributed by atoms with Gasteiger partial charge in [-0.2, -0.15) is 0 Å². The van der Waals surface area contributed by atoms with Gasteiger partial charge in [-0.15, -0.1) is 0 Å². The third kappa shape index (κ3) is 4.04. The second-order valence-corrected chi connectivity index (χ2v) is 6.79. The number of hydrogen-bond acceptors (Lipinski definition) is 3. The van der Waals surface area contributed by atoms with Crippen LogP contribution < -0.4 is 4.72 Å². The number of aliphatic hydroxyl groups excluding tert-OH is 1. The predicted octanol–water partition coefficient (Wildman–Crippen LogP) is 2.88. The molecule has 0 aromatic heterocycles. The Hall–Kier alpha value is -1.47. The van der Waals surface area contributed by atoms with Crippen molar-refractivity contribution in [2.75, 3.05) is 6.61 Å². The summed E-state index contributed by atoms with van der Waals surface area (Å²) in [5, 5.41) is 9.25. The molecule has 0 spiro atoms. The van der Waals surface area contributed by atoms with Crippen LogP contribution in [0, 0.1) is 5.82 Å². The first-order valence-corrected chi connectivity index (χ1v) is 8.43. The van der Waals surface area contributed by atoms with Crippen molar-refractivity contribution in [2.24, 2.45) is 0 Å². The van der Waals surface area contributed by atoms with E-state index in [0.717, 1.165) is 12.1 Å². The molecule has 0 bridgehead atoms. The summed E-state index contributed by atoms with van der Waals surface area (Å²) >= 11 is 5.63. The van der Waals surface area contributed by atoms with Crippen LogP contribution in [-0.2, 0) is 10.0 Å². The Morgan fingerprint density at radius 1 is 1.18 bits per heavy atom. The first-order valence-electron chi connectivity index (χ1n) is 6.57. The Kier molecular flexibility index (Phi) is 5.52. The lowest BCUT2D eigenvalue weighted by atomic mass is 10.1. The zero-order valence-electron chi connectivity index (χ0n) is 11.5. The zero-order valence-corrected chi connectivity index (χ0v) is 13.1. The molecule has 0 aliphatic heterocycles. The molecule has 118 valence electrons. The third-order valence-electron chi connectivity index (χ3n) is 3.10. The van der Waals surface area contributed by atoms with E-state index in [9.17, 15) is 12.8 Å². The molecule has 0 unspecified atom stereocenters. The Morgan fingerprint density at radius 3 is 2.45 bits per heavy atom. The fraction of sp³-hybridized carbons (Fsp3) is 0.200. The van der Waals surface area contributed by atoms with E-state index in [-0.39, 0.29) is 18.1 Å². The number of halogens is 2. The van der Waals surface area contributed by atoms with Crippen LogP contribution in [0.4, 0.5) is 4.39 Å². The van der Waals surface area contributed by atoms with E-state index in [0.29, 0.717) is 5.56 Å². The van der Waals surface area contributed by atoms with Crippen molar-refractivity contribution in [1.82, 2.24) is 4.72 Å². The molecule has 2 N–H and O–H groups in total. The Balaban J connectivity index is 2.32. The van der Waals surface area contributed by atoms with Crippen LogP contribution in [0.3, 0.4) is 0 Å². The zero-order chi connectivity index (χ0) is 16.2. The van der Waals surface area contributed by atoms with Gasteiger partial charge in [0.2, 0.25) is 10.0 Å². The van der Waals surface area contributed by atoms with Crippen LogP contribution in [0.25, 0.3) is 0 Å². The standard InChI is InChI=1S/C15H15ClFNO3S/c16-12-6-7-15(13(17)10-12)22(20,21)18-14(8-9-19)11-4-2-1-3-5-11/h1-7,10,14,18-19H,8-9H2/t14-/m1/s1. The monoisotopic (exact) mass is 343 g/mol. The van der Waals surface area contributed by atoms with E-state index >= 15 is 0 Å². The highest BCUT2D eigenvalue weighted by atomic mass is 35.5. The van der Waals surface area contributed by atoms with Crippen molar-refractivity contribution < 1.29 is 17.9 Å². The maximum absolute atomic E-state index is 13.8. The summed E-state index contributed by atoms with van der Waals surface area (Å²) in [6.07, 6.45) is 0.179. The van der Waals surface area contributed by atoms with Crippen LogP contribution in [0.15, 0.2) is 53.4 Å². The lowest BCUT2D eigenvalue weighted by Crippen LogP contribution is -2.30. The normalized spacial score (nSPS) is 13.0. The molecule has 2 aromatic rings. The smallest absolute Gasteiger partial charge is 0.244 e. The highest BCUT2D eigenvalue weighted by molar-refractivity contribution is 7.89. The van der Waals surface area contributed by atoms with Crippen LogP contribution in [0.5, 0.6) is 0 Å². The van der Waals surface area contributed by atoms with E-state index < -0.39 is 26.8 Å². The van der Waals surface area contributed by atoms with Gasteiger partial charge in [-0.1, -0.05) is 41.9 Å². The summed E-state index contributed by atoms with van der Waals surface area (Å²) in [7, 11) is -4.07. The van der Waals surface area contributed by atoms with Crippen LogP contribution in [0.2, 0.25) is 5.02 Å². The fourth-order valence-electron chi connectivity index (χ4n) is 2.05. The van der Waals surface area contributed by atoms with E-state index in [2.05, 4.69) is 4.72 Å². The van der Waals surface area contributed by atoms with Gasteiger partial charge < -0.3 is 5.11 Å². The maximum atomic E-state index is 13.8. The van der Waals surface area contributed by atoms with Gasteiger partial charge in [0.15, 0.2) is 0 Å². The van der Waals surface area contributed by atoms with Crippen molar-refractivity contribution in [3.05, 3.63) is 64.9 Å². The molecular formula is C15H15ClFNO3S. The van der Waals surface area contributed by atoms with Crippen LogP contribution in [-0.4, -0.2) is 20.1 Å². The molecular weight excluding hydrogens is 329 g/mol. The summed E-state index contributed by atoms with van der Waals surface area (Å²) in [5.41, 5.74) is 0.689. The highest BCUT2D eigenvalue weighted by Crippen LogP contribution is 2.23. The Morgan fingerprint density at radius 2 is 1.86 bits per heavy atom. The Labute approximate surface area is 133 Å². The summed E-state index contributed by atoms with van der Waals surface area (Å²) < 4.78 is 40.9. The number of nitrogens with one attached hydrogen (secondary N) is 1. The molecule has 2 rings (SSSR count). The van der Waals surface area contributed by atoms with E-state index in [4.69, 9.17) is 16.7 Å². The molecule has 7 heteroatoms. The van der Waals surface area contributed by atoms with E-state index in [1.54, 1.807) is 30.3 Å². The van der Waals surface area contributed by atoms with Crippen molar-refractivity contribution >= 4 is 21.6 Å². The van der Waals surface area contributed by atoms with Crippen molar-refractivity contribution in [3.8, 4) is 0 Å². The quantitative estimate of drug-likeness (QED) is 0.847. The average molecular weight is 344 g/mol. The largest absolute Gasteiger partial charge is 0.396 e. The average Bonchev–Trinajstić information content (AvgIpc) is 2.47. The lowest BCUT2D eigenvalue weighted by molar-refractivity contribution is 0.272. The summed E-state index contributed by atoms with van der Waals surface area (Å²) in [6, 6.07) is 11.5. The number of sulfonamides is 1. The fourth-order valence-corrected chi connectivity index (χ4v) is 3.53. The van der Waals surface area contributed by atoms with Gasteiger partial charge >= 0.3 is 0 Å². The van der Waals surface area contributed by atoms with E-state index in [1.165, 1.54) is 6.07 Å². The number of hydrogen-bond donors (Lipinski definition) is 2. The minimum absolute atomic E-state index is 0.117. The van der Waals surface area contributed by atoms with Crippen molar-refractivity contribution in [1.29, 1.82) is 0 Å². The molecule has 2 aromatic carbocycles. The maximum Gasteiger partial charge on any atom is 0.244 e. The van der Waals surface area contributed by atoms with Gasteiger partial charge in [-0.25, -0.2) is 17.5 Å². The van der Waals surface area contributed by atoms with E-state index in [1.807, 2.05) is 0 Å². The van der Waals surface area contributed by atoms with Gasteiger partial charge in [-0.05, 0) is 30.2 Å². The SMILES string of the molecule is O=S(=O)(N[C@H](CCO)c1ccccc1)c1ccc(Cl)cc1F. The molecule has 1 atom stereocenters. The molecule has 0 radical (unpaired) electrons. The molecule has 22 heavy (non-hydrogen) atoms. The lowest BCUT2D eigenvalue weighted by Gasteiger charge is -2.18. The van der Waals surface area contributed by atoms with Crippen LogP contribution in [0.1, 0.15) is 18.0 Å². The van der Waals surface area contributed by atoms with Crippen LogP contribution >= 0.6 is 11.6 Å². The van der Waals surface area contributed by atoms with Gasteiger partial charge in [0.1, 0.15) is 10.7 Å². The third-order valence-corrected chi connectivity index (χ3v) is 4.84. The summed E-state index contributed by atoms with van der Waals surface area (Å²) in [6.45, 7) is -0.203. The molecule has 0 fully saturated rings. The predicted molar refractivity (Wildman–Crippen MR) is 82.6 cm³/mol. The molecule has 0 aliphatic carbocycles. The van der Waals surface area contributed by atoms with Gasteiger partial charge in [-0.3, -0.25) is 0 Å². The van der Waals surface area contributed by atoms with Gasteiger partial charge in [0.25, 0.3) is 0 Å². The second kappa shape index (κ2) is 7.19. The number of aliphatic hydroxyl groups is 1. The molecule has 0 saturated heterocycles. The minimum atomic E-state index is -4.07. The first-order chi connectivity index (χ1) is 10.4. The minimum Gasteiger partial charge on any atom is -0.396 e. The van der Waals surface area contributed by atoms with Gasteiger partial charge in [0.05, 0.1) is 0 Å². The summed E-state index contributed by atoms with van der Waals surface area (Å²) in [4.78, 5) is -0.476. The van der Waals surface area contributed by atoms with Gasteiger partial charge in [0, 0.05) is 17.7 Å². The van der Waals surface area contributed by atoms with Crippen molar-refractivity contribution in [3.63, 3.8) is 0 Å². The topological polar surface area (TPSA) is 66.4 Å². The molecule has 4 nitrogen and oxygen atoms in total. The second-order valence-electron chi connectivity index (χ2n) is 4.67. The Bertz CT molecular complexity index is 738. The molecule has 0 saturated carbocycles. The molecule has 0 heterocycles. The number of rotatable bonds is 6. The summed E-state index contributed by atoms with van der Waals surface area (Å²) in [5.74, 6) is -0.921. The molecule has 0 amide bonds. The first kappa shape index (κ1) is 16.9. The van der Waals surface area contributed by atoms with Crippen molar-refractivity contribution in [2.45, 2.75) is 17.4 Å². The highest BCUT2D eigenvalue weighted by Gasteiger charge is 2.24.